The Kier molecular flexibility index (Phi) is 5.89. The van der Waals surface area contributed by atoms with Crippen LogP contribution in [0.3, 0.4) is 0 Å². The van der Waals surface area contributed by atoms with Crippen LogP contribution in [0.5, 0.6) is 11.5 Å². The van der Waals surface area contributed by atoms with E-state index in [0.29, 0.717) is 30.4 Å². The highest BCUT2D eigenvalue weighted by atomic mass is 35.5. The van der Waals surface area contributed by atoms with Crippen LogP contribution in [-0.2, 0) is 19.4 Å². The number of amides is 2. The highest BCUT2D eigenvalue weighted by Gasteiger charge is 2.22. The number of benzene rings is 2. The van der Waals surface area contributed by atoms with E-state index in [4.69, 9.17) is 21.1 Å². The molecule has 0 aliphatic carbocycles. The lowest BCUT2D eigenvalue weighted by Crippen LogP contribution is -2.43. The molecular formula is C20H23ClN2O3. The maximum atomic E-state index is 12.5. The van der Waals surface area contributed by atoms with Crippen molar-refractivity contribution in [2.45, 2.75) is 19.4 Å². The summed E-state index contributed by atoms with van der Waals surface area (Å²) in [7, 11) is 3.25. The van der Waals surface area contributed by atoms with E-state index in [9.17, 15) is 4.79 Å². The van der Waals surface area contributed by atoms with Gasteiger partial charge in [-0.1, -0.05) is 23.7 Å². The summed E-state index contributed by atoms with van der Waals surface area (Å²) >= 11 is 5.99. The van der Waals surface area contributed by atoms with Crippen LogP contribution in [0.25, 0.3) is 0 Å². The van der Waals surface area contributed by atoms with Gasteiger partial charge in [-0.05, 0) is 53.8 Å². The van der Waals surface area contributed by atoms with Gasteiger partial charge in [-0.2, -0.15) is 0 Å². The van der Waals surface area contributed by atoms with Crippen LogP contribution in [0.15, 0.2) is 36.4 Å². The Bertz CT molecular complexity index is 795. The molecule has 1 aliphatic heterocycles. The van der Waals surface area contributed by atoms with Gasteiger partial charge in [-0.25, -0.2) is 4.79 Å². The van der Waals surface area contributed by atoms with Gasteiger partial charge in [0.15, 0.2) is 11.5 Å². The van der Waals surface area contributed by atoms with Crippen molar-refractivity contribution < 1.29 is 14.3 Å². The minimum atomic E-state index is -0.0486. The van der Waals surface area contributed by atoms with Crippen LogP contribution in [0, 0.1) is 0 Å². The van der Waals surface area contributed by atoms with Crippen LogP contribution in [0.2, 0.25) is 5.02 Å². The molecule has 0 radical (unpaired) electrons. The normalized spacial score (nSPS) is 13.1. The lowest BCUT2D eigenvalue weighted by Gasteiger charge is -2.29. The topological polar surface area (TPSA) is 50.8 Å². The Morgan fingerprint density at radius 1 is 1.15 bits per heavy atom. The first-order valence-corrected chi connectivity index (χ1v) is 8.99. The zero-order valence-electron chi connectivity index (χ0n) is 15.0. The maximum absolute atomic E-state index is 12.5. The molecule has 0 atom stereocenters. The zero-order valence-corrected chi connectivity index (χ0v) is 15.8. The average molecular weight is 375 g/mol. The first kappa shape index (κ1) is 18.4. The predicted molar refractivity (Wildman–Crippen MR) is 102 cm³/mol. The predicted octanol–water partition coefficient (Wildman–Crippen LogP) is 3.67. The van der Waals surface area contributed by atoms with Crippen molar-refractivity contribution in [2.75, 3.05) is 27.3 Å². The number of ether oxygens (including phenoxy) is 2. The number of fused-ring (bicyclic) bond motifs is 1. The summed E-state index contributed by atoms with van der Waals surface area (Å²) in [4.78, 5) is 14.3. The van der Waals surface area contributed by atoms with E-state index in [-0.39, 0.29) is 6.03 Å². The highest BCUT2D eigenvalue weighted by Crippen LogP contribution is 2.33. The third-order valence-corrected chi connectivity index (χ3v) is 4.82. The van der Waals surface area contributed by atoms with Gasteiger partial charge in [0.25, 0.3) is 0 Å². The Morgan fingerprint density at radius 2 is 1.88 bits per heavy atom. The second-order valence-corrected chi connectivity index (χ2v) is 6.70. The molecule has 0 saturated carbocycles. The van der Waals surface area contributed by atoms with E-state index in [1.807, 2.05) is 41.3 Å². The fourth-order valence-electron chi connectivity index (χ4n) is 3.17. The summed E-state index contributed by atoms with van der Waals surface area (Å²) in [5.41, 5.74) is 3.41. The van der Waals surface area contributed by atoms with Crippen molar-refractivity contribution in [2.24, 2.45) is 0 Å². The molecule has 5 nitrogen and oxygen atoms in total. The van der Waals surface area contributed by atoms with Gasteiger partial charge in [0, 0.05) is 24.7 Å². The molecular weight excluding hydrogens is 352 g/mol. The smallest absolute Gasteiger partial charge is 0.317 e. The summed E-state index contributed by atoms with van der Waals surface area (Å²) in [6.45, 7) is 1.83. The lowest BCUT2D eigenvalue weighted by atomic mass is 9.99. The zero-order chi connectivity index (χ0) is 18.5. The molecule has 1 N–H and O–H groups in total. The molecule has 3 rings (SSSR count). The SMILES string of the molecule is COc1cc2c(cc1OC)CN(C(=O)NCCc1cccc(Cl)c1)CC2. The monoisotopic (exact) mass is 374 g/mol. The summed E-state index contributed by atoms with van der Waals surface area (Å²) in [6, 6.07) is 11.6. The number of nitrogens with one attached hydrogen (secondary N) is 1. The van der Waals surface area contributed by atoms with Crippen LogP contribution in [-0.4, -0.2) is 38.2 Å². The molecule has 2 aromatic rings. The molecule has 1 aliphatic rings. The highest BCUT2D eigenvalue weighted by molar-refractivity contribution is 6.30. The number of hydrogen-bond donors (Lipinski definition) is 1. The first-order chi connectivity index (χ1) is 12.6. The number of halogens is 1. The van der Waals surface area contributed by atoms with Gasteiger partial charge in [-0.15, -0.1) is 0 Å². The van der Waals surface area contributed by atoms with Crippen molar-refractivity contribution in [1.82, 2.24) is 10.2 Å². The van der Waals surface area contributed by atoms with Crippen LogP contribution in [0.4, 0.5) is 4.79 Å². The summed E-state index contributed by atoms with van der Waals surface area (Å²) in [6.07, 6.45) is 1.55. The van der Waals surface area contributed by atoms with Gasteiger partial charge in [-0.3, -0.25) is 0 Å². The minimum Gasteiger partial charge on any atom is -0.493 e. The van der Waals surface area contributed by atoms with Crippen LogP contribution >= 0.6 is 11.6 Å². The Morgan fingerprint density at radius 3 is 2.58 bits per heavy atom. The lowest BCUT2D eigenvalue weighted by molar-refractivity contribution is 0.192. The van der Waals surface area contributed by atoms with Crippen LogP contribution < -0.4 is 14.8 Å². The second-order valence-electron chi connectivity index (χ2n) is 6.26. The minimum absolute atomic E-state index is 0.0486. The molecule has 0 fully saturated rings. The maximum Gasteiger partial charge on any atom is 0.317 e. The molecule has 0 aromatic heterocycles. The van der Waals surface area contributed by atoms with E-state index < -0.39 is 0 Å². The van der Waals surface area contributed by atoms with Gasteiger partial charge < -0.3 is 19.7 Å². The van der Waals surface area contributed by atoms with E-state index in [2.05, 4.69) is 5.32 Å². The molecule has 0 spiro atoms. The number of carbonyl (C=O) groups excluding carboxylic acids is 1. The Hall–Kier alpha value is -2.40. The summed E-state index contributed by atoms with van der Waals surface area (Å²) in [5, 5.41) is 3.70. The van der Waals surface area contributed by atoms with E-state index in [1.54, 1.807) is 14.2 Å². The molecule has 0 saturated heterocycles. The number of methoxy groups -OCH3 is 2. The van der Waals surface area contributed by atoms with E-state index in [1.165, 1.54) is 5.56 Å². The molecule has 1 heterocycles. The second kappa shape index (κ2) is 8.32. The third-order valence-electron chi connectivity index (χ3n) is 4.58. The quantitative estimate of drug-likeness (QED) is 0.868. The largest absolute Gasteiger partial charge is 0.493 e. The number of hydrogen-bond acceptors (Lipinski definition) is 3. The molecule has 0 unspecified atom stereocenters. The third kappa shape index (κ3) is 4.22. The van der Waals surface area contributed by atoms with Crippen molar-refractivity contribution in [3.05, 3.63) is 58.1 Å². The van der Waals surface area contributed by atoms with Crippen molar-refractivity contribution in [3.8, 4) is 11.5 Å². The van der Waals surface area contributed by atoms with Gasteiger partial charge in [0.1, 0.15) is 0 Å². The molecule has 2 amide bonds. The number of urea groups is 1. The average Bonchev–Trinajstić information content (AvgIpc) is 2.66. The standard InChI is InChI=1S/C20H23ClN2O3/c1-25-18-11-15-7-9-23(13-16(15)12-19(18)26-2)20(24)22-8-6-14-4-3-5-17(21)10-14/h3-5,10-12H,6-9,13H2,1-2H3,(H,22,24). The molecule has 6 heteroatoms. The van der Waals surface area contributed by atoms with Crippen molar-refractivity contribution >= 4 is 17.6 Å². The van der Waals surface area contributed by atoms with Gasteiger partial charge in [0.2, 0.25) is 0 Å². The summed E-state index contributed by atoms with van der Waals surface area (Å²) < 4.78 is 10.7. The molecule has 26 heavy (non-hydrogen) atoms. The van der Waals surface area contributed by atoms with E-state index >= 15 is 0 Å². The Balaban J connectivity index is 1.58. The Labute approximate surface area is 158 Å². The van der Waals surface area contributed by atoms with Gasteiger partial charge in [0.05, 0.1) is 14.2 Å². The van der Waals surface area contributed by atoms with E-state index in [0.717, 1.165) is 29.7 Å². The molecule has 0 bridgehead atoms. The number of nitrogens with zero attached hydrogens (tertiary/aromatic N) is 1. The molecule has 2 aromatic carbocycles. The number of rotatable bonds is 5. The molecule has 138 valence electrons. The number of carbonyl (C=O) groups is 1. The van der Waals surface area contributed by atoms with Crippen LogP contribution in [0.1, 0.15) is 16.7 Å². The fraction of sp³-hybridized carbons (Fsp3) is 0.350. The van der Waals surface area contributed by atoms with Gasteiger partial charge >= 0.3 is 6.03 Å². The fourth-order valence-corrected chi connectivity index (χ4v) is 3.39. The first-order valence-electron chi connectivity index (χ1n) is 8.61. The van der Waals surface area contributed by atoms with Crippen molar-refractivity contribution in [1.29, 1.82) is 0 Å². The summed E-state index contributed by atoms with van der Waals surface area (Å²) in [5.74, 6) is 1.42. The van der Waals surface area contributed by atoms with Crippen molar-refractivity contribution in [3.63, 3.8) is 0 Å².